The molecular weight excluding hydrogens is 88.1 g/mol. The maximum atomic E-state index is 4.86. The fourth-order valence-electron chi connectivity index (χ4n) is 0.304. The third-order valence-electron chi connectivity index (χ3n) is 0.858. The SMILES string of the molecule is C.C.CCC1CO1. The Morgan fingerprint density at radius 2 is 2.00 bits per heavy atom. The minimum absolute atomic E-state index is 0. The van der Waals surface area contributed by atoms with Crippen molar-refractivity contribution in [1.82, 2.24) is 0 Å². The molecule has 1 aliphatic rings. The summed E-state index contributed by atoms with van der Waals surface area (Å²) in [6.07, 6.45) is 1.83. The zero-order valence-electron chi connectivity index (χ0n) is 3.40. The van der Waals surface area contributed by atoms with Crippen LogP contribution in [0.15, 0.2) is 0 Å². The number of rotatable bonds is 1. The first-order valence-electron chi connectivity index (χ1n) is 2.05. The van der Waals surface area contributed by atoms with E-state index in [4.69, 9.17) is 4.74 Å². The monoisotopic (exact) mass is 104 g/mol. The predicted octanol–water partition coefficient (Wildman–Crippen LogP) is 2.07. The van der Waals surface area contributed by atoms with E-state index in [-0.39, 0.29) is 14.9 Å². The molecule has 0 aliphatic carbocycles. The lowest BCUT2D eigenvalue weighted by Gasteiger charge is -1.69. The lowest BCUT2D eigenvalue weighted by atomic mass is 10.4. The molecule has 1 heteroatoms. The fraction of sp³-hybridized carbons (Fsp3) is 1.00. The molecule has 46 valence electrons. The third kappa shape index (κ3) is 3.80. The molecule has 7 heavy (non-hydrogen) atoms. The molecule has 0 aromatic rings. The van der Waals surface area contributed by atoms with E-state index in [2.05, 4.69) is 6.92 Å². The molecule has 0 amide bonds. The van der Waals surface area contributed by atoms with Crippen LogP contribution in [0, 0.1) is 0 Å². The van der Waals surface area contributed by atoms with Crippen LogP contribution in [0.1, 0.15) is 28.2 Å². The number of hydrogen-bond acceptors (Lipinski definition) is 1. The van der Waals surface area contributed by atoms with E-state index in [1.807, 2.05) is 0 Å². The van der Waals surface area contributed by atoms with E-state index in [1.165, 1.54) is 6.42 Å². The smallest absolute Gasteiger partial charge is 0.0807 e. The summed E-state index contributed by atoms with van der Waals surface area (Å²) < 4.78 is 4.86. The van der Waals surface area contributed by atoms with Gasteiger partial charge in [0.2, 0.25) is 0 Å². The predicted molar refractivity (Wildman–Crippen MR) is 33.5 cm³/mol. The molecule has 1 nitrogen and oxygen atoms in total. The molecule has 1 saturated heterocycles. The Hall–Kier alpha value is -0.0400. The molecule has 0 N–H and O–H groups in total. The molecule has 1 aliphatic heterocycles. The number of ether oxygens (including phenoxy) is 1. The van der Waals surface area contributed by atoms with Gasteiger partial charge in [-0.1, -0.05) is 21.8 Å². The molecule has 0 bridgehead atoms. The Morgan fingerprint density at radius 3 is 2.00 bits per heavy atom. The van der Waals surface area contributed by atoms with Gasteiger partial charge < -0.3 is 4.74 Å². The highest BCUT2D eigenvalue weighted by atomic mass is 16.6. The van der Waals surface area contributed by atoms with Gasteiger partial charge in [0, 0.05) is 0 Å². The van der Waals surface area contributed by atoms with E-state index in [9.17, 15) is 0 Å². The van der Waals surface area contributed by atoms with Gasteiger partial charge in [0.25, 0.3) is 0 Å². The molecule has 0 aromatic heterocycles. The average molecular weight is 104 g/mol. The summed E-state index contributed by atoms with van der Waals surface area (Å²) in [5.41, 5.74) is 0. The Morgan fingerprint density at radius 1 is 1.57 bits per heavy atom. The standard InChI is InChI=1S/C4H8O.2CH4/c1-2-4-3-5-4;;/h4H,2-3H2,1H3;2*1H4. The molecule has 1 unspecified atom stereocenters. The van der Waals surface area contributed by atoms with Crippen molar-refractivity contribution in [2.75, 3.05) is 6.61 Å². The van der Waals surface area contributed by atoms with Gasteiger partial charge >= 0.3 is 0 Å². The van der Waals surface area contributed by atoms with Crippen LogP contribution < -0.4 is 0 Å². The Bertz CT molecular complexity index is 31.2. The quantitative estimate of drug-likeness (QED) is 0.464. The second-order valence-electron chi connectivity index (χ2n) is 1.36. The molecule has 1 atom stereocenters. The summed E-state index contributed by atoms with van der Waals surface area (Å²) >= 11 is 0. The maximum Gasteiger partial charge on any atom is 0.0807 e. The summed E-state index contributed by atoms with van der Waals surface area (Å²) in [6.45, 7) is 3.15. The zero-order valence-corrected chi connectivity index (χ0v) is 3.40. The van der Waals surface area contributed by atoms with Crippen molar-refractivity contribution in [2.24, 2.45) is 0 Å². The molecule has 0 aromatic carbocycles. The molecular formula is C6H16O. The van der Waals surface area contributed by atoms with Crippen LogP contribution in [0.25, 0.3) is 0 Å². The average Bonchev–Trinajstić information content (AvgIpc) is 2.12. The van der Waals surface area contributed by atoms with Crippen molar-refractivity contribution >= 4 is 0 Å². The maximum absolute atomic E-state index is 4.86. The van der Waals surface area contributed by atoms with Crippen molar-refractivity contribution in [2.45, 2.75) is 34.3 Å². The minimum Gasteiger partial charge on any atom is -0.373 e. The van der Waals surface area contributed by atoms with Gasteiger partial charge in [0.05, 0.1) is 12.7 Å². The Labute approximate surface area is 46.7 Å². The van der Waals surface area contributed by atoms with Crippen LogP contribution >= 0.6 is 0 Å². The van der Waals surface area contributed by atoms with Crippen LogP contribution in [-0.4, -0.2) is 12.7 Å². The van der Waals surface area contributed by atoms with Crippen molar-refractivity contribution in [1.29, 1.82) is 0 Å². The molecule has 1 fully saturated rings. The Kier molecular flexibility index (Phi) is 5.93. The van der Waals surface area contributed by atoms with Gasteiger partial charge in [-0.25, -0.2) is 0 Å². The van der Waals surface area contributed by atoms with Crippen molar-refractivity contribution < 1.29 is 4.74 Å². The van der Waals surface area contributed by atoms with E-state index >= 15 is 0 Å². The molecule has 0 saturated carbocycles. The highest BCUT2D eigenvalue weighted by molar-refractivity contribution is 4.64. The van der Waals surface area contributed by atoms with E-state index in [0.717, 1.165) is 6.61 Å². The first-order valence-corrected chi connectivity index (χ1v) is 2.05. The lowest BCUT2D eigenvalue weighted by molar-refractivity contribution is 0.403. The first kappa shape index (κ1) is 10.0. The normalized spacial score (nSPS) is 24.4. The highest BCUT2D eigenvalue weighted by Gasteiger charge is 2.18. The molecule has 0 spiro atoms. The second-order valence-corrected chi connectivity index (χ2v) is 1.36. The van der Waals surface area contributed by atoms with Gasteiger partial charge in [-0.3, -0.25) is 0 Å². The minimum atomic E-state index is 0. The largest absolute Gasteiger partial charge is 0.373 e. The van der Waals surface area contributed by atoms with Crippen LogP contribution in [0.2, 0.25) is 0 Å². The van der Waals surface area contributed by atoms with Gasteiger partial charge in [0.15, 0.2) is 0 Å². The Balaban J connectivity index is 0. The second kappa shape index (κ2) is 4.13. The summed E-state index contributed by atoms with van der Waals surface area (Å²) in [5.74, 6) is 0. The van der Waals surface area contributed by atoms with Crippen LogP contribution in [-0.2, 0) is 4.74 Å². The summed E-state index contributed by atoms with van der Waals surface area (Å²) in [7, 11) is 0. The van der Waals surface area contributed by atoms with Gasteiger partial charge in [-0.2, -0.15) is 0 Å². The van der Waals surface area contributed by atoms with Crippen molar-refractivity contribution in [3.63, 3.8) is 0 Å². The van der Waals surface area contributed by atoms with Crippen LogP contribution in [0.4, 0.5) is 0 Å². The zero-order chi connectivity index (χ0) is 3.70. The van der Waals surface area contributed by atoms with E-state index in [1.54, 1.807) is 0 Å². The van der Waals surface area contributed by atoms with E-state index in [0.29, 0.717) is 6.10 Å². The summed E-state index contributed by atoms with van der Waals surface area (Å²) in [5, 5.41) is 0. The number of hydrogen-bond donors (Lipinski definition) is 0. The first-order chi connectivity index (χ1) is 2.43. The molecule has 0 radical (unpaired) electrons. The number of epoxide rings is 1. The van der Waals surface area contributed by atoms with E-state index < -0.39 is 0 Å². The summed E-state index contributed by atoms with van der Waals surface area (Å²) in [6, 6.07) is 0. The molecule has 1 heterocycles. The lowest BCUT2D eigenvalue weighted by Crippen LogP contribution is -1.73. The van der Waals surface area contributed by atoms with Gasteiger partial charge in [-0.05, 0) is 6.42 Å². The highest BCUT2D eigenvalue weighted by Crippen LogP contribution is 2.10. The molecule has 1 rings (SSSR count). The van der Waals surface area contributed by atoms with Crippen LogP contribution in [0.3, 0.4) is 0 Å². The van der Waals surface area contributed by atoms with Crippen molar-refractivity contribution in [3.8, 4) is 0 Å². The fourth-order valence-corrected chi connectivity index (χ4v) is 0.304. The van der Waals surface area contributed by atoms with Crippen LogP contribution in [0.5, 0.6) is 0 Å². The van der Waals surface area contributed by atoms with Crippen molar-refractivity contribution in [3.05, 3.63) is 0 Å². The third-order valence-corrected chi connectivity index (χ3v) is 0.858. The van der Waals surface area contributed by atoms with Gasteiger partial charge in [0.1, 0.15) is 0 Å². The summed E-state index contributed by atoms with van der Waals surface area (Å²) in [4.78, 5) is 0. The van der Waals surface area contributed by atoms with Gasteiger partial charge in [-0.15, -0.1) is 0 Å². The topological polar surface area (TPSA) is 12.5 Å².